The van der Waals surface area contributed by atoms with Gasteiger partial charge < -0.3 is 24.8 Å². The summed E-state index contributed by atoms with van der Waals surface area (Å²) in [6, 6.07) is 8.30. The summed E-state index contributed by atoms with van der Waals surface area (Å²) in [6.45, 7) is 0.901. The standard InChI is InChI=1S/C22H19Cl2N3O4/c23-14-10-16(20(29)17(24)11-14)19-18(13-3-1-4-15(28)9-13)21(30)22(31)27(19)7-2-6-26-8-5-25-12-26/h1,3-5,8-12,19,28-30H,2,6-7H2. The Morgan fingerprint density at radius 2 is 1.87 bits per heavy atom. The van der Waals surface area contributed by atoms with Crippen molar-refractivity contribution in [2.45, 2.75) is 19.0 Å². The van der Waals surface area contributed by atoms with Gasteiger partial charge in [-0.15, -0.1) is 0 Å². The number of benzene rings is 2. The third-order valence-electron chi connectivity index (χ3n) is 5.19. The molecule has 0 saturated carbocycles. The van der Waals surface area contributed by atoms with Crippen molar-refractivity contribution in [3.8, 4) is 11.5 Å². The van der Waals surface area contributed by atoms with Crippen molar-refractivity contribution in [1.29, 1.82) is 0 Å². The number of halogens is 2. The van der Waals surface area contributed by atoms with Gasteiger partial charge in [-0.2, -0.15) is 0 Å². The SMILES string of the molecule is O=C1C(O)=C(c2cccc(O)c2)C(c2cc(Cl)cc(Cl)c2O)N1CCCn1ccnc1. The Hall–Kier alpha value is -3.16. The lowest BCUT2D eigenvalue weighted by atomic mass is 9.92. The van der Waals surface area contributed by atoms with E-state index in [4.69, 9.17) is 23.2 Å². The Kier molecular flexibility index (Phi) is 5.80. The number of carbonyl (C=O) groups excluding carboxylic acids is 1. The maximum absolute atomic E-state index is 13.0. The zero-order valence-corrected chi connectivity index (χ0v) is 17.8. The molecule has 31 heavy (non-hydrogen) atoms. The minimum atomic E-state index is -0.840. The van der Waals surface area contributed by atoms with E-state index >= 15 is 0 Å². The van der Waals surface area contributed by atoms with E-state index in [1.807, 2.05) is 10.8 Å². The van der Waals surface area contributed by atoms with Crippen LogP contribution in [0.3, 0.4) is 0 Å². The van der Waals surface area contributed by atoms with Crippen molar-refractivity contribution >= 4 is 34.7 Å². The summed E-state index contributed by atoms with van der Waals surface area (Å²) in [4.78, 5) is 18.5. The number of rotatable bonds is 6. The van der Waals surface area contributed by atoms with Gasteiger partial charge in [0.25, 0.3) is 5.91 Å². The van der Waals surface area contributed by atoms with Gasteiger partial charge in [-0.3, -0.25) is 4.79 Å². The van der Waals surface area contributed by atoms with Crippen LogP contribution in [0.5, 0.6) is 11.5 Å². The second-order valence-corrected chi connectivity index (χ2v) is 8.04. The molecule has 2 aromatic carbocycles. The van der Waals surface area contributed by atoms with Crippen molar-refractivity contribution in [2.75, 3.05) is 6.54 Å². The molecule has 3 N–H and O–H groups in total. The predicted molar refractivity (Wildman–Crippen MR) is 117 cm³/mol. The van der Waals surface area contributed by atoms with Gasteiger partial charge in [0.1, 0.15) is 11.5 Å². The number of aliphatic hydroxyl groups is 1. The lowest BCUT2D eigenvalue weighted by Crippen LogP contribution is -2.32. The van der Waals surface area contributed by atoms with E-state index < -0.39 is 17.7 Å². The lowest BCUT2D eigenvalue weighted by molar-refractivity contribution is -0.129. The summed E-state index contributed by atoms with van der Waals surface area (Å²) in [5.74, 6) is -1.27. The number of carbonyl (C=O) groups is 1. The van der Waals surface area contributed by atoms with Crippen LogP contribution < -0.4 is 0 Å². The number of aliphatic hydroxyl groups excluding tert-OH is 1. The predicted octanol–water partition coefficient (Wildman–Crippen LogP) is 4.54. The summed E-state index contributed by atoms with van der Waals surface area (Å²) in [7, 11) is 0. The summed E-state index contributed by atoms with van der Waals surface area (Å²) >= 11 is 12.3. The van der Waals surface area contributed by atoms with Crippen molar-refractivity contribution in [3.63, 3.8) is 0 Å². The molecule has 0 fully saturated rings. The van der Waals surface area contributed by atoms with Crippen molar-refractivity contribution in [2.24, 2.45) is 0 Å². The van der Waals surface area contributed by atoms with Crippen LogP contribution in [0.4, 0.5) is 0 Å². The molecule has 1 unspecified atom stereocenters. The molecule has 7 nitrogen and oxygen atoms in total. The van der Waals surface area contributed by atoms with Crippen LogP contribution in [0.15, 0.2) is 60.9 Å². The van der Waals surface area contributed by atoms with Gasteiger partial charge in [0.15, 0.2) is 5.76 Å². The number of hydrogen-bond acceptors (Lipinski definition) is 5. The van der Waals surface area contributed by atoms with Crippen LogP contribution >= 0.6 is 23.2 Å². The maximum atomic E-state index is 13.0. The van der Waals surface area contributed by atoms with Gasteiger partial charge in [-0.1, -0.05) is 35.3 Å². The normalized spacial score (nSPS) is 16.4. The monoisotopic (exact) mass is 459 g/mol. The molecular weight excluding hydrogens is 441 g/mol. The van der Waals surface area contributed by atoms with Crippen LogP contribution in [-0.2, 0) is 11.3 Å². The van der Waals surface area contributed by atoms with E-state index in [0.29, 0.717) is 18.5 Å². The molecule has 0 aliphatic carbocycles. The molecule has 0 bridgehead atoms. The van der Waals surface area contributed by atoms with Crippen LogP contribution in [0.1, 0.15) is 23.6 Å². The fourth-order valence-electron chi connectivity index (χ4n) is 3.81. The first kappa shape index (κ1) is 21.1. The molecule has 160 valence electrons. The number of aromatic hydroxyl groups is 2. The van der Waals surface area contributed by atoms with Crippen molar-refractivity contribution in [3.05, 3.63) is 82.1 Å². The van der Waals surface area contributed by atoms with Gasteiger partial charge >= 0.3 is 0 Å². The first-order valence-electron chi connectivity index (χ1n) is 9.54. The average molecular weight is 460 g/mol. The summed E-state index contributed by atoms with van der Waals surface area (Å²) in [5.41, 5.74) is 0.997. The lowest BCUT2D eigenvalue weighted by Gasteiger charge is -2.28. The average Bonchev–Trinajstić information content (AvgIpc) is 3.33. The molecule has 1 aliphatic rings. The highest BCUT2D eigenvalue weighted by molar-refractivity contribution is 6.35. The number of aryl methyl sites for hydroxylation is 1. The van der Waals surface area contributed by atoms with Gasteiger partial charge in [0.2, 0.25) is 0 Å². The molecule has 1 aliphatic heterocycles. The molecule has 0 spiro atoms. The van der Waals surface area contributed by atoms with Gasteiger partial charge in [0, 0.05) is 41.6 Å². The fourth-order valence-corrected chi connectivity index (χ4v) is 4.32. The van der Waals surface area contributed by atoms with Crippen molar-refractivity contribution in [1.82, 2.24) is 14.5 Å². The second kappa shape index (κ2) is 8.53. The molecule has 0 saturated heterocycles. The van der Waals surface area contributed by atoms with Crippen LogP contribution in [0, 0.1) is 0 Å². The zero-order valence-electron chi connectivity index (χ0n) is 16.2. The number of phenols is 2. The van der Waals surface area contributed by atoms with Crippen LogP contribution in [-0.4, -0.2) is 42.2 Å². The quantitative estimate of drug-likeness (QED) is 0.502. The number of nitrogens with zero attached hydrogens (tertiary/aromatic N) is 3. The van der Waals surface area contributed by atoms with E-state index in [2.05, 4.69) is 4.98 Å². The van der Waals surface area contributed by atoms with E-state index in [0.717, 1.165) is 0 Å². The fraction of sp³-hybridized carbons (Fsp3) is 0.182. The Balaban J connectivity index is 1.77. The van der Waals surface area contributed by atoms with Crippen LogP contribution in [0.25, 0.3) is 5.57 Å². The van der Waals surface area contributed by atoms with E-state index in [9.17, 15) is 20.1 Å². The largest absolute Gasteiger partial charge is 0.508 e. The number of imidazole rings is 1. The third kappa shape index (κ3) is 4.06. The molecule has 0 radical (unpaired) electrons. The van der Waals surface area contributed by atoms with E-state index in [-0.39, 0.29) is 39.2 Å². The topological polar surface area (TPSA) is 98.8 Å². The molecule has 2 heterocycles. The van der Waals surface area contributed by atoms with Gasteiger partial charge in [0.05, 0.1) is 17.4 Å². The number of phenolic OH excluding ortho intramolecular Hbond substituents is 2. The van der Waals surface area contributed by atoms with Gasteiger partial charge in [-0.25, -0.2) is 4.98 Å². The Bertz CT molecular complexity index is 1160. The van der Waals surface area contributed by atoms with E-state index in [1.165, 1.54) is 29.2 Å². The number of hydrogen-bond donors (Lipinski definition) is 3. The highest BCUT2D eigenvalue weighted by atomic mass is 35.5. The summed E-state index contributed by atoms with van der Waals surface area (Å²) < 4.78 is 1.88. The highest BCUT2D eigenvalue weighted by Gasteiger charge is 2.42. The summed E-state index contributed by atoms with van der Waals surface area (Å²) in [5, 5.41) is 31.7. The second-order valence-electron chi connectivity index (χ2n) is 7.19. The molecule has 1 atom stereocenters. The van der Waals surface area contributed by atoms with E-state index in [1.54, 1.807) is 24.7 Å². The minimum Gasteiger partial charge on any atom is -0.508 e. The zero-order chi connectivity index (χ0) is 22.1. The number of aromatic nitrogens is 2. The first-order chi connectivity index (χ1) is 14.9. The smallest absolute Gasteiger partial charge is 0.289 e. The van der Waals surface area contributed by atoms with Crippen LogP contribution in [0.2, 0.25) is 10.0 Å². The number of amides is 1. The molecular formula is C22H19Cl2N3O4. The Morgan fingerprint density at radius 3 is 2.58 bits per heavy atom. The molecule has 4 rings (SSSR count). The molecule has 3 aromatic rings. The van der Waals surface area contributed by atoms with Gasteiger partial charge in [-0.05, 0) is 36.2 Å². The third-order valence-corrected chi connectivity index (χ3v) is 5.69. The summed E-state index contributed by atoms with van der Waals surface area (Å²) in [6.07, 6.45) is 5.75. The maximum Gasteiger partial charge on any atom is 0.289 e. The highest BCUT2D eigenvalue weighted by Crippen LogP contribution is 2.48. The Labute approximate surface area is 188 Å². The molecule has 9 heteroatoms. The Morgan fingerprint density at radius 1 is 1.06 bits per heavy atom. The first-order valence-corrected chi connectivity index (χ1v) is 10.3. The minimum absolute atomic E-state index is 0.0177. The molecule has 1 aromatic heterocycles. The molecule has 1 amide bonds. The van der Waals surface area contributed by atoms with Crippen molar-refractivity contribution < 1.29 is 20.1 Å².